The third-order valence-corrected chi connectivity index (χ3v) is 4.52. The summed E-state index contributed by atoms with van der Waals surface area (Å²) in [7, 11) is 0. The molecule has 1 aromatic carbocycles. The second-order valence-corrected chi connectivity index (χ2v) is 6.13. The molecule has 2 nitrogen and oxygen atoms in total. The van der Waals surface area contributed by atoms with Crippen molar-refractivity contribution < 1.29 is 0 Å². The summed E-state index contributed by atoms with van der Waals surface area (Å²) in [5, 5.41) is 1.20. The fourth-order valence-corrected chi connectivity index (χ4v) is 3.26. The Hall–Kier alpha value is -0.280. The van der Waals surface area contributed by atoms with Gasteiger partial charge in [0, 0.05) is 25.2 Å². The first kappa shape index (κ1) is 14.1. The molecule has 2 N–H and O–H groups in total. The van der Waals surface area contributed by atoms with Gasteiger partial charge in [0.15, 0.2) is 0 Å². The van der Waals surface area contributed by atoms with Crippen molar-refractivity contribution in [1.82, 2.24) is 4.90 Å². The average molecular weight is 287 g/mol. The molecule has 0 radical (unpaired) electrons. The van der Waals surface area contributed by atoms with Crippen LogP contribution in [-0.4, -0.2) is 24.0 Å². The molecule has 1 saturated heterocycles. The number of benzene rings is 1. The number of halogens is 2. The minimum absolute atomic E-state index is 0.236. The molecule has 0 amide bonds. The van der Waals surface area contributed by atoms with E-state index in [1.807, 2.05) is 18.2 Å². The molecule has 18 heavy (non-hydrogen) atoms. The van der Waals surface area contributed by atoms with E-state index in [-0.39, 0.29) is 6.04 Å². The second kappa shape index (κ2) is 5.79. The number of rotatable bonds is 3. The Morgan fingerprint density at radius 1 is 1.33 bits per heavy atom. The monoisotopic (exact) mass is 286 g/mol. The second-order valence-electron chi connectivity index (χ2n) is 5.31. The van der Waals surface area contributed by atoms with Gasteiger partial charge in [-0.25, -0.2) is 0 Å². The first-order chi connectivity index (χ1) is 8.52. The maximum Gasteiger partial charge on any atom is 0.0595 e. The fraction of sp³-hybridized carbons (Fsp3) is 0.571. The van der Waals surface area contributed by atoms with Crippen molar-refractivity contribution in [1.29, 1.82) is 0 Å². The highest BCUT2D eigenvalue weighted by Crippen LogP contribution is 2.33. The van der Waals surface area contributed by atoms with Crippen molar-refractivity contribution in [3.8, 4) is 0 Å². The highest BCUT2D eigenvalue weighted by molar-refractivity contribution is 6.42. The fourth-order valence-electron chi connectivity index (χ4n) is 2.95. The lowest BCUT2D eigenvalue weighted by Crippen LogP contribution is -2.36. The summed E-state index contributed by atoms with van der Waals surface area (Å²) in [6.07, 6.45) is 1.23. The van der Waals surface area contributed by atoms with Gasteiger partial charge in [0.1, 0.15) is 0 Å². The topological polar surface area (TPSA) is 29.3 Å². The zero-order valence-electron chi connectivity index (χ0n) is 10.9. The Kier molecular flexibility index (Phi) is 4.54. The minimum atomic E-state index is 0.236. The van der Waals surface area contributed by atoms with Crippen LogP contribution in [0.15, 0.2) is 18.2 Å². The van der Waals surface area contributed by atoms with Crippen molar-refractivity contribution in [2.75, 3.05) is 13.1 Å². The van der Waals surface area contributed by atoms with Crippen molar-refractivity contribution in [2.24, 2.45) is 11.7 Å². The Morgan fingerprint density at radius 3 is 2.56 bits per heavy atom. The van der Waals surface area contributed by atoms with Crippen LogP contribution < -0.4 is 5.73 Å². The van der Waals surface area contributed by atoms with Crippen LogP contribution in [0.4, 0.5) is 0 Å². The molecule has 1 aromatic rings. The van der Waals surface area contributed by atoms with Gasteiger partial charge in [-0.3, -0.25) is 4.90 Å². The Morgan fingerprint density at radius 2 is 2.06 bits per heavy atom. The smallest absolute Gasteiger partial charge is 0.0595 e. The predicted octanol–water partition coefficient (Wildman–Crippen LogP) is 3.72. The van der Waals surface area contributed by atoms with E-state index in [9.17, 15) is 0 Å². The Bertz CT molecular complexity index is 422. The van der Waals surface area contributed by atoms with E-state index in [0.29, 0.717) is 22.6 Å². The van der Waals surface area contributed by atoms with Crippen LogP contribution in [0.3, 0.4) is 0 Å². The zero-order valence-corrected chi connectivity index (χ0v) is 12.4. The lowest BCUT2D eigenvalue weighted by Gasteiger charge is -2.31. The van der Waals surface area contributed by atoms with Gasteiger partial charge in [-0.15, -0.1) is 0 Å². The molecule has 0 aromatic heterocycles. The van der Waals surface area contributed by atoms with Gasteiger partial charge in [-0.1, -0.05) is 36.2 Å². The van der Waals surface area contributed by atoms with Gasteiger partial charge in [0.05, 0.1) is 10.0 Å². The molecule has 1 aliphatic heterocycles. The molecule has 3 atom stereocenters. The molecule has 1 fully saturated rings. The molecule has 0 aliphatic carbocycles. The highest BCUT2D eigenvalue weighted by atomic mass is 35.5. The lowest BCUT2D eigenvalue weighted by atomic mass is 10.0. The first-order valence-corrected chi connectivity index (χ1v) is 7.19. The van der Waals surface area contributed by atoms with Crippen LogP contribution >= 0.6 is 23.2 Å². The van der Waals surface area contributed by atoms with E-state index in [4.69, 9.17) is 28.9 Å². The van der Waals surface area contributed by atoms with Crippen LogP contribution in [0.1, 0.15) is 31.9 Å². The first-order valence-electron chi connectivity index (χ1n) is 6.43. The molecule has 100 valence electrons. The molecular weight excluding hydrogens is 267 g/mol. The third-order valence-electron chi connectivity index (χ3n) is 3.78. The summed E-state index contributed by atoms with van der Waals surface area (Å²) >= 11 is 12.1. The summed E-state index contributed by atoms with van der Waals surface area (Å²) in [5.41, 5.74) is 7.12. The molecule has 3 unspecified atom stereocenters. The standard InChI is InChI=1S/C14H20Cl2N2/c1-9-5-10(2)18(8-9)14(7-17)11-3-4-12(15)13(16)6-11/h3-4,6,9-10,14H,5,7-8,17H2,1-2H3. The molecule has 2 rings (SSSR count). The lowest BCUT2D eigenvalue weighted by molar-refractivity contribution is 0.192. The zero-order chi connectivity index (χ0) is 13.3. The van der Waals surface area contributed by atoms with Crippen LogP contribution in [0, 0.1) is 5.92 Å². The van der Waals surface area contributed by atoms with Crippen LogP contribution in [-0.2, 0) is 0 Å². The molecule has 0 spiro atoms. The van der Waals surface area contributed by atoms with Crippen LogP contribution in [0.2, 0.25) is 10.0 Å². The normalized spacial score (nSPS) is 26.5. The van der Waals surface area contributed by atoms with Crippen molar-refractivity contribution in [3.05, 3.63) is 33.8 Å². The number of nitrogens with zero attached hydrogens (tertiary/aromatic N) is 1. The highest BCUT2D eigenvalue weighted by Gasteiger charge is 2.31. The average Bonchev–Trinajstić information content (AvgIpc) is 2.64. The van der Waals surface area contributed by atoms with Gasteiger partial charge in [0.2, 0.25) is 0 Å². The van der Waals surface area contributed by atoms with Crippen molar-refractivity contribution in [3.63, 3.8) is 0 Å². The predicted molar refractivity (Wildman–Crippen MR) is 78.2 cm³/mol. The molecule has 0 saturated carbocycles. The van der Waals surface area contributed by atoms with Gasteiger partial charge >= 0.3 is 0 Å². The largest absolute Gasteiger partial charge is 0.329 e. The molecule has 1 aliphatic rings. The number of hydrogen-bond acceptors (Lipinski definition) is 2. The molecule has 4 heteroatoms. The number of hydrogen-bond donors (Lipinski definition) is 1. The summed E-state index contributed by atoms with van der Waals surface area (Å²) in [6, 6.07) is 6.63. The number of nitrogens with two attached hydrogens (primary N) is 1. The van der Waals surface area contributed by atoms with Crippen molar-refractivity contribution >= 4 is 23.2 Å². The summed E-state index contributed by atoms with van der Waals surface area (Å²) < 4.78 is 0. The van der Waals surface area contributed by atoms with E-state index in [1.165, 1.54) is 6.42 Å². The molecule has 0 bridgehead atoms. The maximum absolute atomic E-state index is 6.10. The number of likely N-dealkylation sites (tertiary alicyclic amines) is 1. The summed E-state index contributed by atoms with van der Waals surface area (Å²) in [5.74, 6) is 0.733. The van der Waals surface area contributed by atoms with E-state index in [2.05, 4.69) is 18.7 Å². The van der Waals surface area contributed by atoms with Gasteiger partial charge in [0.25, 0.3) is 0 Å². The van der Waals surface area contributed by atoms with E-state index in [1.54, 1.807) is 0 Å². The SMILES string of the molecule is CC1CC(C)N(C(CN)c2ccc(Cl)c(Cl)c2)C1. The molecular formula is C14H20Cl2N2. The quantitative estimate of drug-likeness (QED) is 0.918. The Labute approximate surface area is 119 Å². The van der Waals surface area contributed by atoms with Gasteiger partial charge in [-0.05, 0) is 37.0 Å². The summed E-state index contributed by atoms with van der Waals surface area (Å²) in [4.78, 5) is 2.48. The van der Waals surface area contributed by atoms with Gasteiger partial charge in [-0.2, -0.15) is 0 Å². The summed E-state index contributed by atoms with van der Waals surface area (Å²) in [6.45, 7) is 6.26. The maximum atomic E-state index is 6.10. The van der Waals surface area contributed by atoms with Gasteiger partial charge < -0.3 is 5.73 Å². The van der Waals surface area contributed by atoms with E-state index >= 15 is 0 Å². The Balaban J connectivity index is 2.25. The van der Waals surface area contributed by atoms with Crippen LogP contribution in [0.5, 0.6) is 0 Å². The van der Waals surface area contributed by atoms with Crippen molar-refractivity contribution in [2.45, 2.75) is 32.4 Å². The van der Waals surface area contributed by atoms with Crippen LogP contribution in [0.25, 0.3) is 0 Å². The molecule has 1 heterocycles. The third kappa shape index (κ3) is 2.83. The van der Waals surface area contributed by atoms with E-state index in [0.717, 1.165) is 18.0 Å². The van der Waals surface area contributed by atoms with E-state index < -0.39 is 0 Å². The minimum Gasteiger partial charge on any atom is -0.329 e.